The summed E-state index contributed by atoms with van der Waals surface area (Å²) < 4.78 is 2.10. The van der Waals surface area contributed by atoms with Crippen molar-refractivity contribution in [1.82, 2.24) is 19.5 Å². The topological polar surface area (TPSA) is 69.6 Å². The highest BCUT2D eigenvalue weighted by Gasteiger charge is 2.20. The van der Waals surface area contributed by atoms with E-state index < -0.39 is 0 Å². The van der Waals surface area contributed by atoms with Crippen molar-refractivity contribution in [2.45, 2.75) is 45.4 Å². The van der Waals surface area contributed by atoms with Gasteiger partial charge >= 0.3 is 0 Å². The van der Waals surface area contributed by atoms with Gasteiger partial charge in [0.2, 0.25) is 0 Å². The summed E-state index contributed by atoms with van der Waals surface area (Å²) in [7, 11) is 0. The Bertz CT molecular complexity index is 600. The first-order valence-corrected chi connectivity index (χ1v) is 6.84. The van der Waals surface area contributed by atoms with Crippen LogP contribution in [0.25, 0.3) is 5.82 Å². The molecular weight excluding hydrogens is 238 g/mol. The van der Waals surface area contributed by atoms with Crippen LogP contribution in [0.4, 0.5) is 5.82 Å². The van der Waals surface area contributed by atoms with E-state index in [9.17, 15) is 0 Å². The third-order valence-corrected chi connectivity index (χ3v) is 3.73. The van der Waals surface area contributed by atoms with Gasteiger partial charge in [0.1, 0.15) is 24.3 Å². The first-order valence-electron chi connectivity index (χ1n) is 6.84. The van der Waals surface area contributed by atoms with Crippen LogP contribution in [0.2, 0.25) is 0 Å². The summed E-state index contributed by atoms with van der Waals surface area (Å²) in [5.74, 6) is 1.74. The van der Waals surface area contributed by atoms with E-state index in [1.54, 1.807) is 0 Å². The lowest BCUT2D eigenvalue weighted by Crippen LogP contribution is -2.12. The van der Waals surface area contributed by atoms with Crippen molar-refractivity contribution in [2.75, 3.05) is 5.73 Å². The van der Waals surface area contributed by atoms with Crippen LogP contribution < -0.4 is 5.73 Å². The summed E-state index contributed by atoms with van der Waals surface area (Å²) in [6.45, 7) is 4.23. The van der Waals surface area contributed by atoms with Gasteiger partial charge in [0, 0.05) is 11.3 Å². The number of anilines is 1. The molecule has 3 rings (SSSR count). The number of aryl methyl sites for hydroxylation is 1. The number of fused-ring (bicyclic) bond motifs is 1. The summed E-state index contributed by atoms with van der Waals surface area (Å²) in [6, 6.07) is 0. The Morgan fingerprint density at radius 1 is 1.16 bits per heavy atom. The summed E-state index contributed by atoms with van der Waals surface area (Å²) >= 11 is 0. The zero-order valence-electron chi connectivity index (χ0n) is 11.4. The fourth-order valence-corrected chi connectivity index (χ4v) is 2.80. The average Bonchev–Trinajstić information content (AvgIpc) is 2.81. The highest BCUT2D eigenvalue weighted by molar-refractivity contribution is 5.51. The van der Waals surface area contributed by atoms with Crippen molar-refractivity contribution in [3.05, 3.63) is 29.6 Å². The van der Waals surface area contributed by atoms with Crippen LogP contribution >= 0.6 is 0 Å². The molecular formula is C14H19N5. The molecule has 2 heterocycles. The monoisotopic (exact) mass is 257 g/mol. The Morgan fingerprint density at radius 2 is 1.95 bits per heavy atom. The lowest BCUT2D eigenvalue weighted by Gasteiger charge is -2.17. The number of hydrogen-bond donors (Lipinski definition) is 1. The number of imidazole rings is 1. The summed E-state index contributed by atoms with van der Waals surface area (Å²) in [5.41, 5.74) is 9.52. The molecule has 0 atom stereocenters. The Labute approximate surface area is 112 Å². The van der Waals surface area contributed by atoms with Gasteiger partial charge in [-0.15, -0.1) is 0 Å². The summed E-state index contributed by atoms with van der Waals surface area (Å²) in [5, 5.41) is 0. The van der Waals surface area contributed by atoms with Crippen molar-refractivity contribution >= 4 is 5.82 Å². The number of nitrogen functional groups attached to an aromatic ring is 1. The van der Waals surface area contributed by atoms with Crippen molar-refractivity contribution < 1.29 is 0 Å². The standard InChI is InChI=1S/C14H19N5/c1-9(2)12-13(15)16-7-17-14(12)19-8-18-10-5-3-4-6-11(10)19/h7-9H,3-6H2,1-2H3,(H2,15,16,17). The second-order valence-corrected chi connectivity index (χ2v) is 5.37. The maximum atomic E-state index is 6.02. The molecule has 0 saturated carbocycles. The highest BCUT2D eigenvalue weighted by Crippen LogP contribution is 2.29. The SMILES string of the molecule is CC(C)c1c(N)ncnc1-n1cnc2c1CCCC2. The molecule has 1 aliphatic rings. The third kappa shape index (κ3) is 1.99. The van der Waals surface area contributed by atoms with Gasteiger partial charge < -0.3 is 5.73 Å². The molecule has 0 fully saturated rings. The van der Waals surface area contributed by atoms with Crippen molar-refractivity contribution in [2.24, 2.45) is 0 Å². The summed E-state index contributed by atoms with van der Waals surface area (Å²) in [6.07, 6.45) is 8.00. The van der Waals surface area contributed by atoms with E-state index in [1.807, 2.05) is 6.33 Å². The largest absolute Gasteiger partial charge is 0.383 e. The van der Waals surface area contributed by atoms with E-state index in [1.165, 1.54) is 30.6 Å². The Kier molecular flexibility index (Phi) is 2.97. The molecule has 0 saturated heterocycles. The van der Waals surface area contributed by atoms with Crippen LogP contribution in [0.3, 0.4) is 0 Å². The predicted molar refractivity (Wildman–Crippen MR) is 74.3 cm³/mol. The molecule has 5 heteroatoms. The molecule has 0 amide bonds. The molecule has 2 N–H and O–H groups in total. The van der Waals surface area contributed by atoms with E-state index >= 15 is 0 Å². The van der Waals surface area contributed by atoms with Gasteiger partial charge in [-0.1, -0.05) is 13.8 Å². The highest BCUT2D eigenvalue weighted by atomic mass is 15.1. The van der Waals surface area contributed by atoms with E-state index in [4.69, 9.17) is 5.73 Å². The van der Waals surface area contributed by atoms with Crippen LogP contribution in [-0.4, -0.2) is 19.5 Å². The van der Waals surface area contributed by atoms with Crippen LogP contribution in [-0.2, 0) is 12.8 Å². The van der Waals surface area contributed by atoms with Crippen LogP contribution in [0.15, 0.2) is 12.7 Å². The fraction of sp³-hybridized carbons (Fsp3) is 0.500. The van der Waals surface area contributed by atoms with Crippen molar-refractivity contribution in [3.63, 3.8) is 0 Å². The molecule has 100 valence electrons. The normalized spacial score (nSPS) is 14.7. The minimum absolute atomic E-state index is 0.290. The van der Waals surface area contributed by atoms with Crippen LogP contribution in [0.5, 0.6) is 0 Å². The minimum Gasteiger partial charge on any atom is -0.383 e. The molecule has 2 aromatic rings. The number of nitrogens with two attached hydrogens (primary N) is 1. The van der Waals surface area contributed by atoms with Gasteiger partial charge in [-0.3, -0.25) is 4.57 Å². The second-order valence-electron chi connectivity index (χ2n) is 5.37. The molecule has 0 bridgehead atoms. The maximum Gasteiger partial charge on any atom is 0.147 e. The summed E-state index contributed by atoms with van der Waals surface area (Å²) in [4.78, 5) is 13.1. The first kappa shape index (κ1) is 12.1. The van der Waals surface area contributed by atoms with Gasteiger partial charge in [0.25, 0.3) is 0 Å². The third-order valence-electron chi connectivity index (χ3n) is 3.73. The first-order chi connectivity index (χ1) is 9.18. The van der Waals surface area contributed by atoms with E-state index in [2.05, 4.69) is 33.4 Å². The molecule has 0 radical (unpaired) electrons. The molecule has 0 unspecified atom stereocenters. The second kappa shape index (κ2) is 4.64. The zero-order valence-corrected chi connectivity index (χ0v) is 11.4. The smallest absolute Gasteiger partial charge is 0.147 e. The van der Waals surface area contributed by atoms with E-state index in [0.717, 1.165) is 24.2 Å². The van der Waals surface area contributed by atoms with Gasteiger partial charge in [-0.25, -0.2) is 15.0 Å². The number of aromatic nitrogens is 4. The molecule has 0 spiro atoms. The Balaban J connectivity index is 2.17. The predicted octanol–water partition coefficient (Wildman–Crippen LogP) is 2.25. The lowest BCUT2D eigenvalue weighted by atomic mass is 10.0. The number of rotatable bonds is 2. The minimum atomic E-state index is 0.290. The maximum absolute atomic E-state index is 6.02. The van der Waals surface area contributed by atoms with Crippen LogP contribution in [0, 0.1) is 0 Å². The van der Waals surface area contributed by atoms with Crippen LogP contribution in [0.1, 0.15) is 49.6 Å². The average molecular weight is 257 g/mol. The molecule has 5 nitrogen and oxygen atoms in total. The zero-order chi connectivity index (χ0) is 13.4. The Morgan fingerprint density at radius 3 is 2.74 bits per heavy atom. The van der Waals surface area contributed by atoms with Gasteiger partial charge in [0.05, 0.1) is 5.69 Å². The van der Waals surface area contributed by atoms with E-state index in [-0.39, 0.29) is 5.92 Å². The van der Waals surface area contributed by atoms with Gasteiger partial charge in [-0.2, -0.15) is 0 Å². The molecule has 19 heavy (non-hydrogen) atoms. The molecule has 1 aliphatic carbocycles. The van der Waals surface area contributed by atoms with Gasteiger partial charge in [0.15, 0.2) is 0 Å². The lowest BCUT2D eigenvalue weighted by molar-refractivity contribution is 0.652. The fourth-order valence-electron chi connectivity index (χ4n) is 2.80. The Hall–Kier alpha value is -1.91. The van der Waals surface area contributed by atoms with Crippen molar-refractivity contribution in [1.29, 1.82) is 0 Å². The van der Waals surface area contributed by atoms with Gasteiger partial charge in [-0.05, 0) is 31.6 Å². The number of nitrogens with zero attached hydrogens (tertiary/aromatic N) is 4. The van der Waals surface area contributed by atoms with Crippen molar-refractivity contribution in [3.8, 4) is 5.82 Å². The molecule has 0 aliphatic heterocycles. The quantitative estimate of drug-likeness (QED) is 0.895. The molecule has 2 aromatic heterocycles. The van der Waals surface area contributed by atoms with E-state index in [0.29, 0.717) is 5.82 Å². The number of hydrogen-bond acceptors (Lipinski definition) is 4. The molecule has 0 aromatic carbocycles.